The van der Waals surface area contributed by atoms with Gasteiger partial charge in [0, 0.05) is 13.0 Å². The Balaban J connectivity index is 3.89. The predicted octanol–water partition coefficient (Wildman–Crippen LogP) is -2.42. The number of hydrogen-bond donors (Lipinski definition) is 6. The average Bonchev–Trinajstić information content (AvgIpc) is 2.24. The van der Waals surface area contributed by atoms with Gasteiger partial charge in [-0.05, 0) is 12.8 Å². The van der Waals surface area contributed by atoms with Crippen molar-refractivity contribution in [2.45, 2.75) is 43.7 Å². The highest BCUT2D eigenvalue weighted by Crippen LogP contribution is 2.10. The fourth-order valence-electron chi connectivity index (χ4n) is 1.22. The van der Waals surface area contributed by atoms with E-state index in [1.807, 2.05) is 0 Å². The number of aliphatic hydroxyl groups is 6. The minimum Gasteiger partial charge on any atom is -0.396 e. The van der Waals surface area contributed by atoms with Gasteiger partial charge >= 0.3 is 0 Å². The number of aliphatic hydroxyl groups excluding tert-OH is 6. The molecule has 6 nitrogen and oxygen atoms in total. The molecule has 0 aliphatic rings. The molecule has 0 spiro atoms. The molecule has 15 heavy (non-hydrogen) atoms. The van der Waals surface area contributed by atoms with Gasteiger partial charge in [-0.1, -0.05) is 0 Å². The van der Waals surface area contributed by atoms with Gasteiger partial charge in [0.1, 0.15) is 6.10 Å². The maximum atomic E-state index is 9.38. The standard InChI is InChI=1S/C9H20O6/c10-3-1-2-7(13)9(15)8(14)4-6(12)5-11/h6-15H,1-5H2. The molecule has 0 saturated heterocycles. The molecule has 0 aromatic rings. The molecule has 0 aliphatic carbocycles. The van der Waals surface area contributed by atoms with E-state index in [0.717, 1.165) is 0 Å². The molecular weight excluding hydrogens is 204 g/mol. The van der Waals surface area contributed by atoms with Gasteiger partial charge < -0.3 is 30.6 Å². The Morgan fingerprint density at radius 1 is 0.867 bits per heavy atom. The molecule has 4 unspecified atom stereocenters. The molecule has 0 aromatic carbocycles. The van der Waals surface area contributed by atoms with Gasteiger partial charge in [0.05, 0.1) is 24.9 Å². The molecular formula is C9H20O6. The minimum absolute atomic E-state index is 0.0981. The van der Waals surface area contributed by atoms with E-state index in [0.29, 0.717) is 6.42 Å². The van der Waals surface area contributed by atoms with Crippen LogP contribution in [0.5, 0.6) is 0 Å². The Kier molecular flexibility index (Phi) is 7.85. The molecule has 0 saturated carbocycles. The van der Waals surface area contributed by atoms with E-state index in [2.05, 4.69) is 0 Å². The van der Waals surface area contributed by atoms with Crippen LogP contribution in [0.25, 0.3) is 0 Å². The largest absolute Gasteiger partial charge is 0.396 e. The van der Waals surface area contributed by atoms with Crippen molar-refractivity contribution >= 4 is 0 Å². The zero-order valence-corrected chi connectivity index (χ0v) is 8.53. The zero-order chi connectivity index (χ0) is 11.8. The highest BCUT2D eigenvalue weighted by molar-refractivity contribution is 4.77. The lowest BCUT2D eigenvalue weighted by molar-refractivity contribution is -0.0805. The molecule has 0 rings (SSSR count). The Hall–Kier alpha value is -0.240. The third-order valence-corrected chi connectivity index (χ3v) is 2.17. The first kappa shape index (κ1) is 14.8. The Labute approximate surface area is 88.4 Å². The second-order valence-electron chi connectivity index (χ2n) is 3.56. The van der Waals surface area contributed by atoms with Gasteiger partial charge in [0.25, 0.3) is 0 Å². The summed E-state index contributed by atoms with van der Waals surface area (Å²) in [5.41, 5.74) is 0. The highest BCUT2D eigenvalue weighted by atomic mass is 16.4. The molecule has 6 N–H and O–H groups in total. The van der Waals surface area contributed by atoms with Gasteiger partial charge in [-0.3, -0.25) is 0 Å². The maximum Gasteiger partial charge on any atom is 0.106 e. The number of hydrogen-bond acceptors (Lipinski definition) is 6. The second kappa shape index (κ2) is 7.98. The van der Waals surface area contributed by atoms with Gasteiger partial charge in [0.2, 0.25) is 0 Å². The quantitative estimate of drug-likeness (QED) is 0.273. The molecule has 0 amide bonds. The van der Waals surface area contributed by atoms with E-state index in [4.69, 9.17) is 15.3 Å². The zero-order valence-electron chi connectivity index (χ0n) is 8.53. The lowest BCUT2D eigenvalue weighted by atomic mass is 9.99. The first-order chi connectivity index (χ1) is 7.02. The minimum atomic E-state index is -1.38. The fraction of sp³-hybridized carbons (Fsp3) is 1.00. The summed E-state index contributed by atoms with van der Waals surface area (Å²) in [6.45, 7) is -0.602. The normalized spacial score (nSPS) is 19.6. The highest BCUT2D eigenvalue weighted by Gasteiger charge is 2.25. The van der Waals surface area contributed by atoms with Crippen molar-refractivity contribution in [2.75, 3.05) is 13.2 Å². The van der Waals surface area contributed by atoms with E-state index < -0.39 is 31.0 Å². The van der Waals surface area contributed by atoms with Crippen molar-refractivity contribution in [2.24, 2.45) is 0 Å². The smallest absolute Gasteiger partial charge is 0.106 e. The van der Waals surface area contributed by atoms with Crippen LogP contribution in [-0.4, -0.2) is 68.3 Å². The predicted molar refractivity (Wildman–Crippen MR) is 52.0 cm³/mol. The summed E-state index contributed by atoms with van der Waals surface area (Å²) in [4.78, 5) is 0. The fourth-order valence-corrected chi connectivity index (χ4v) is 1.22. The maximum absolute atomic E-state index is 9.38. The third-order valence-electron chi connectivity index (χ3n) is 2.17. The van der Waals surface area contributed by atoms with E-state index in [1.165, 1.54) is 0 Å². The van der Waals surface area contributed by atoms with Crippen LogP contribution >= 0.6 is 0 Å². The summed E-state index contributed by atoms with van der Waals surface area (Å²) in [7, 11) is 0. The van der Waals surface area contributed by atoms with Crippen molar-refractivity contribution in [3.8, 4) is 0 Å². The summed E-state index contributed by atoms with van der Waals surface area (Å²) in [5, 5.41) is 54.1. The molecule has 0 aliphatic heterocycles. The second-order valence-corrected chi connectivity index (χ2v) is 3.56. The molecule has 6 heteroatoms. The van der Waals surface area contributed by atoms with Gasteiger partial charge in [-0.15, -0.1) is 0 Å². The van der Waals surface area contributed by atoms with Crippen LogP contribution in [0, 0.1) is 0 Å². The van der Waals surface area contributed by atoms with Gasteiger partial charge in [0.15, 0.2) is 0 Å². The molecule has 92 valence electrons. The van der Waals surface area contributed by atoms with Crippen LogP contribution in [0.2, 0.25) is 0 Å². The van der Waals surface area contributed by atoms with E-state index in [9.17, 15) is 15.3 Å². The van der Waals surface area contributed by atoms with Crippen LogP contribution in [0.3, 0.4) is 0 Å². The van der Waals surface area contributed by atoms with Gasteiger partial charge in [-0.2, -0.15) is 0 Å². The summed E-state index contributed by atoms with van der Waals surface area (Å²) in [5.74, 6) is 0. The van der Waals surface area contributed by atoms with E-state index in [-0.39, 0.29) is 19.4 Å². The van der Waals surface area contributed by atoms with Crippen molar-refractivity contribution < 1.29 is 30.6 Å². The first-order valence-electron chi connectivity index (χ1n) is 4.96. The van der Waals surface area contributed by atoms with Gasteiger partial charge in [-0.25, -0.2) is 0 Å². The molecule has 0 fully saturated rings. The van der Waals surface area contributed by atoms with E-state index in [1.54, 1.807) is 0 Å². The van der Waals surface area contributed by atoms with Crippen molar-refractivity contribution in [1.29, 1.82) is 0 Å². The monoisotopic (exact) mass is 224 g/mol. The number of rotatable bonds is 8. The molecule has 0 bridgehead atoms. The first-order valence-corrected chi connectivity index (χ1v) is 4.96. The Morgan fingerprint density at radius 2 is 1.47 bits per heavy atom. The summed E-state index contributed by atoms with van der Waals surface area (Å²) in [6.07, 6.45) is -4.62. The van der Waals surface area contributed by atoms with Crippen LogP contribution in [0.1, 0.15) is 19.3 Å². The molecule has 0 aromatic heterocycles. The SMILES string of the molecule is OCCCC(O)C(O)C(O)CC(O)CO. The summed E-state index contributed by atoms with van der Waals surface area (Å²) < 4.78 is 0. The Morgan fingerprint density at radius 3 is 1.93 bits per heavy atom. The third kappa shape index (κ3) is 6.03. The van der Waals surface area contributed by atoms with Crippen LogP contribution in [-0.2, 0) is 0 Å². The van der Waals surface area contributed by atoms with E-state index >= 15 is 0 Å². The Bertz CT molecular complexity index is 154. The van der Waals surface area contributed by atoms with Crippen molar-refractivity contribution in [3.63, 3.8) is 0 Å². The molecule has 0 radical (unpaired) electrons. The van der Waals surface area contributed by atoms with Crippen molar-refractivity contribution in [1.82, 2.24) is 0 Å². The van der Waals surface area contributed by atoms with Crippen LogP contribution in [0.4, 0.5) is 0 Å². The summed E-state index contributed by atoms with van der Waals surface area (Å²) >= 11 is 0. The molecule has 4 atom stereocenters. The van der Waals surface area contributed by atoms with Crippen LogP contribution < -0.4 is 0 Å². The van der Waals surface area contributed by atoms with Crippen molar-refractivity contribution in [3.05, 3.63) is 0 Å². The average molecular weight is 224 g/mol. The molecule has 0 heterocycles. The lowest BCUT2D eigenvalue weighted by Crippen LogP contribution is -2.39. The lowest BCUT2D eigenvalue weighted by Gasteiger charge is -2.24. The summed E-state index contributed by atoms with van der Waals surface area (Å²) in [6, 6.07) is 0. The van der Waals surface area contributed by atoms with Crippen LogP contribution in [0.15, 0.2) is 0 Å². The topological polar surface area (TPSA) is 121 Å².